The van der Waals surface area contributed by atoms with Gasteiger partial charge in [0, 0.05) is 32.8 Å². The molecule has 0 radical (unpaired) electrons. The Balaban J connectivity index is 1.34. The van der Waals surface area contributed by atoms with E-state index in [1.165, 1.54) is 38.6 Å². The van der Waals surface area contributed by atoms with Crippen molar-refractivity contribution in [3.05, 3.63) is 48.2 Å². The molecule has 1 aromatic carbocycles. The van der Waals surface area contributed by atoms with E-state index in [2.05, 4.69) is 15.3 Å². The van der Waals surface area contributed by atoms with Gasteiger partial charge in [-0.1, -0.05) is 49.6 Å². The van der Waals surface area contributed by atoms with Crippen LogP contribution in [0, 0.1) is 5.92 Å². The third-order valence-corrected chi connectivity index (χ3v) is 6.64. The summed E-state index contributed by atoms with van der Waals surface area (Å²) in [6.45, 7) is 3.47. The van der Waals surface area contributed by atoms with E-state index in [4.69, 9.17) is 4.74 Å². The Kier molecular flexibility index (Phi) is 7.18. The number of anilines is 1. The van der Waals surface area contributed by atoms with Crippen molar-refractivity contribution >= 4 is 11.7 Å². The number of ether oxygens (including phenoxy) is 1. The summed E-state index contributed by atoms with van der Waals surface area (Å²) in [6, 6.07) is 11.8. The number of aromatic nitrogens is 2. The first-order valence-corrected chi connectivity index (χ1v) is 11.4. The topological polar surface area (TPSA) is 59.4 Å². The first kappa shape index (κ1) is 21.1. The lowest BCUT2D eigenvalue weighted by Crippen LogP contribution is -2.38. The number of nitrogens with one attached hydrogen (secondary N) is 1. The van der Waals surface area contributed by atoms with Crippen LogP contribution in [-0.2, 0) is 9.53 Å². The molecular weight excluding hydrogens is 376 g/mol. The van der Waals surface area contributed by atoms with Crippen LogP contribution in [0.3, 0.4) is 0 Å². The minimum Gasteiger partial charge on any atom is -0.367 e. The molecule has 2 fully saturated rings. The molecule has 4 rings (SSSR count). The molecule has 30 heavy (non-hydrogen) atoms. The van der Waals surface area contributed by atoms with Gasteiger partial charge in [-0.2, -0.15) is 5.10 Å². The second-order valence-corrected chi connectivity index (χ2v) is 8.71. The van der Waals surface area contributed by atoms with Gasteiger partial charge in [0.1, 0.15) is 5.82 Å². The highest BCUT2D eigenvalue weighted by Crippen LogP contribution is 2.29. The van der Waals surface area contributed by atoms with E-state index in [0.29, 0.717) is 6.04 Å². The Labute approximate surface area is 179 Å². The second kappa shape index (κ2) is 10.2. The fraction of sp³-hybridized carbons (Fsp3) is 0.583. The Morgan fingerprint density at radius 3 is 2.53 bits per heavy atom. The monoisotopic (exact) mass is 410 g/mol. The lowest BCUT2D eigenvalue weighted by Gasteiger charge is -2.35. The van der Waals surface area contributed by atoms with Crippen LogP contribution >= 0.6 is 0 Å². The van der Waals surface area contributed by atoms with Crippen molar-refractivity contribution in [3.8, 4) is 0 Å². The maximum Gasteiger partial charge on any atom is 0.259 e. The molecule has 1 saturated heterocycles. The van der Waals surface area contributed by atoms with E-state index in [1.807, 2.05) is 41.1 Å². The lowest BCUT2D eigenvalue weighted by atomic mass is 9.88. The summed E-state index contributed by atoms with van der Waals surface area (Å²) in [7, 11) is 1.57. The number of piperidine rings is 1. The van der Waals surface area contributed by atoms with Gasteiger partial charge < -0.3 is 15.0 Å². The second-order valence-electron chi connectivity index (χ2n) is 8.71. The van der Waals surface area contributed by atoms with Gasteiger partial charge in [-0.05, 0) is 37.2 Å². The summed E-state index contributed by atoms with van der Waals surface area (Å²) < 4.78 is 7.46. The molecule has 0 spiro atoms. The number of methoxy groups -OCH3 is 1. The van der Waals surface area contributed by atoms with Crippen molar-refractivity contribution < 1.29 is 9.53 Å². The summed E-state index contributed by atoms with van der Waals surface area (Å²) in [4.78, 5) is 15.5. The third kappa shape index (κ3) is 5.10. The summed E-state index contributed by atoms with van der Waals surface area (Å²) in [6.07, 6.45) is 10.3. The number of hydrogen-bond acceptors (Lipinski definition) is 4. The average Bonchev–Trinajstić information content (AvgIpc) is 3.24. The molecule has 1 N–H and O–H groups in total. The van der Waals surface area contributed by atoms with E-state index in [9.17, 15) is 4.79 Å². The van der Waals surface area contributed by atoms with Crippen molar-refractivity contribution in [2.75, 3.05) is 32.1 Å². The number of likely N-dealkylation sites (tertiary alicyclic amines) is 1. The first-order valence-electron chi connectivity index (χ1n) is 11.4. The van der Waals surface area contributed by atoms with Crippen LogP contribution in [-0.4, -0.2) is 47.3 Å². The molecule has 2 aromatic rings. The van der Waals surface area contributed by atoms with E-state index in [0.717, 1.165) is 43.2 Å². The maximum absolute atomic E-state index is 12.9. The summed E-state index contributed by atoms with van der Waals surface area (Å²) in [5, 5.41) is 7.57. The normalized spacial score (nSPS) is 20.2. The van der Waals surface area contributed by atoms with Gasteiger partial charge in [0.05, 0.1) is 12.2 Å². The Hall–Kier alpha value is -2.18. The number of hydrogen-bond donors (Lipinski definition) is 1. The Bertz CT molecular complexity index is 793. The van der Waals surface area contributed by atoms with Crippen molar-refractivity contribution in [3.63, 3.8) is 0 Å². The van der Waals surface area contributed by atoms with Crippen LogP contribution in [0.5, 0.6) is 0 Å². The molecule has 6 heteroatoms. The molecular formula is C24H34N4O2. The number of carbonyl (C=O) groups is 1. The van der Waals surface area contributed by atoms with Crippen molar-refractivity contribution in [1.82, 2.24) is 14.7 Å². The molecule has 0 unspecified atom stereocenters. The molecule has 1 aromatic heterocycles. The maximum atomic E-state index is 12.9. The van der Waals surface area contributed by atoms with Crippen LogP contribution in [0.2, 0.25) is 0 Å². The van der Waals surface area contributed by atoms with Gasteiger partial charge in [-0.15, -0.1) is 0 Å². The van der Waals surface area contributed by atoms with Crippen molar-refractivity contribution in [2.45, 2.75) is 57.1 Å². The standard InChI is InChI=1S/C24H34N4O2/c1-30-23(20-10-6-3-7-11-20)24(29)26-22-12-15-25-28(22)21-13-16-27(17-14-21)18-19-8-4-2-5-9-19/h3,6-7,10-12,15,19,21,23H,2,4-5,8-9,13-14,16-18H2,1H3,(H,26,29)/t23-/m0/s1. The third-order valence-electron chi connectivity index (χ3n) is 6.64. The van der Waals surface area contributed by atoms with Gasteiger partial charge >= 0.3 is 0 Å². The highest BCUT2D eigenvalue weighted by atomic mass is 16.5. The molecule has 162 valence electrons. The first-order chi connectivity index (χ1) is 14.7. The van der Waals surface area contributed by atoms with Gasteiger partial charge in [-0.3, -0.25) is 4.79 Å². The minimum atomic E-state index is -0.633. The van der Waals surface area contributed by atoms with Crippen LogP contribution in [0.15, 0.2) is 42.6 Å². The smallest absolute Gasteiger partial charge is 0.259 e. The Morgan fingerprint density at radius 1 is 1.10 bits per heavy atom. The van der Waals surface area contributed by atoms with Gasteiger partial charge in [0.15, 0.2) is 6.10 Å². The molecule has 1 saturated carbocycles. The zero-order chi connectivity index (χ0) is 20.8. The average molecular weight is 411 g/mol. The molecule has 1 atom stereocenters. The van der Waals surface area contributed by atoms with Gasteiger partial charge in [0.2, 0.25) is 0 Å². The summed E-state index contributed by atoms with van der Waals surface area (Å²) in [5.41, 5.74) is 0.847. The van der Waals surface area contributed by atoms with Crippen LogP contribution in [0.4, 0.5) is 5.82 Å². The zero-order valence-electron chi connectivity index (χ0n) is 18.0. The molecule has 2 aliphatic rings. The van der Waals surface area contributed by atoms with Gasteiger partial charge in [-0.25, -0.2) is 4.68 Å². The predicted molar refractivity (Wildman–Crippen MR) is 118 cm³/mol. The molecule has 6 nitrogen and oxygen atoms in total. The summed E-state index contributed by atoms with van der Waals surface area (Å²) >= 11 is 0. The highest BCUT2D eigenvalue weighted by Gasteiger charge is 2.27. The lowest BCUT2D eigenvalue weighted by molar-refractivity contribution is -0.126. The number of benzene rings is 1. The van der Waals surface area contributed by atoms with E-state index in [1.54, 1.807) is 13.3 Å². The predicted octanol–water partition coefficient (Wildman–Crippen LogP) is 4.43. The van der Waals surface area contributed by atoms with E-state index in [-0.39, 0.29) is 5.91 Å². The van der Waals surface area contributed by atoms with Crippen LogP contribution in [0.25, 0.3) is 0 Å². The number of carbonyl (C=O) groups excluding carboxylic acids is 1. The zero-order valence-corrected chi connectivity index (χ0v) is 18.0. The highest BCUT2D eigenvalue weighted by molar-refractivity contribution is 5.94. The molecule has 1 amide bonds. The van der Waals surface area contributed by atoms with Crippen molar-refractivity contribution in [2.24, 2.45) is 5.92 Å². The van der Waals surface area contributed by atoms with Gasteiger partial charge in [0.25, 0.3) is 5.91 Å². The van der Waals surface area contributed by atoms with Crippen molar-refractivity contribution in [1.29, 1.82) is 0 Å². The minimum absolute atomic E-state index is 0.166. The van der Waals surface area contributed by atoms with E-state index < -0.39 is 6.10 Å². The number of nitrogens with zero attached hydrogens (tertiary/aromatic N) is 3. The molecule has 1 aliphatic heterocycles. The molecule has 0 bridgehead atoms. The molecule has 1 aliphatic carbocycles. The molecule has 2 heterocycles. The fourth-order valence-electron chi connectivity index (χ4n) is 5.00. The van der Waals surface area contributed by atoms with E-state index >= 15 is 0 Å². The fourth-order valence-corrected chi connectivity index (χ4v) is 5.00. The SMILES string of the molecule is CO[C@H](C(=O)Nc1ccnn1C1CCN(CC2CCCCC2)CC1)c1ccccc1. The number of amides is 1. The van der Waals surface area contributed by atoms with Crippen LogP contribution < -0.4 is 5.32 Å². The largest absolute Gasteiger partial charge is 0.367 e. The Morgan fingerprint density at radius 2 is 1.83 bits per heavy atom. The number of rotatable bonds is 7. The van der Waals surface area contributed by atoms with Crippen LogP contribution in [0.1, 0.15) is 62.7 Å². The summed E-state index contributed by atoms with van der Waals surface area (Å²) in [5.74, 6) is 1.47. The quantitative estimate of drug-likeness (QED) is 0.734.